The number of rotatable bonds is 4. The third-order valence-corrected chi connectivity index (χ3v) is 4.75. The Morgan fingerprint density at radius 2 is 2.22 bits per heavy atom. The van der Waals surface area contributed by atoms with Gasteiger partial charge in [-0.2, -0.15) is 0 Å². The van der Waals surface area contributed by atoms with Gasteiger partial charge in [-0.3, -0.25) is 4.79 Å². The molecule has 98 valence electrons. The maximum atomic E-state index is 12.6. The highest BCUT2D eigenvalue weighted by Crippen LogP contribution is 2.29. The first kappa shape index (κ1) is 13.9. The molecule has 1 aromatic carbocycles. The molecule has 0 heterocycles. The highest BCUT2D eigenvalue weighted by molar-refractivity contribution is 9.10. The predicted molar refractivity (Wildman–Crippen MR) is 78.3 cm³/mol. The van der Waals surface area contributed by atoms with E-state index in [1.54, 1.807) is 0 Å². The Hall–Kier alpha value is -0.540. The van der Waals surface area contributed by atoms with E-state index in [0.717, 1.165) is 28.4 Å². The molecule has 1 aromatic rings. The van der Waals surface area contributed by atoms with Crippen LogP contribution in [0.2, 0.25) is 0 Å². The fraction of sp³-hybridized carbons (Fsp3) is 0.500. The number of hydrogen-bond donors (Lipinski definition) is 0. The molecule has 4 heteroatoms. The van der Waals surface area contributed by atoms with Gasteiger partial charge < -0.3 is 4.90 Å². The molecule has 0 N–H and O–H groups in total. The van der Waals surface area contributed by atoms with Gasteiger partial charge in [-0.1, -0.05) is 12.1 Å². The second-order valence-corrected chi connectivity index (χ2v) is 5.88. The molecule has 1 aliphatic rings. The normalized spacial score (nSPS) is 15.3. The lowest BCUT2D eigenvalue weighted by atomic mass is 9.91. The third-order valence-electron chi connectivity index (χ3n) is 3.52. The van der Waals surface area contributed by atoms with Crippen LogP contribution < -0.4 is 0 Å². The van der Waals surface area contributed by atoms with Gasteiger partial charge in [0.2, 0.25) is 0 Å². The van der Waals surface area contributed by atoms with Gasteiger partial charge in [0.15, 0.2) is 0 Å². The van der Waals surface area contributed by atoms with Crippen molar-refractivity contribution in [3.63, 3.8) is 0 Å². The molecular weight excluding hydrogens is 314 g/mol. The molecule has 1 fully saturated rings. The number of alkyl halides is 1. The van der Waals surface area contributed by atoms with E-state index in [1.165, 1.54) is 6.42 Å². The summed E-state index contributed by atoms with van der Waals surface area (Å²) < 4.78 is 0.897. The van der Waals surface area contributed by atoms with Crippen molar-refractivity contribution in [3.05, 3.63) is 33.8 Å². The molecule has 0 aliphatic heterocycles. The fourth-order valence-corrected chi connectivity index (χ4v) is 2.82. The molecule has 0 spiro atoms. The van der Waals surface area contributed by atoms with Gasteiger partial charge in [-0.25, -0.2) is 0 Å². The van der Waals surface area contributed by atoms with Crippen LogP contribution in [0.3, 0.4) is 0 Å². The van der Waals surface area contributed by atoms with Crippen molar-refractivity contribution in [2.24, 2.45) is 0 Å². The first-order valence-electron chi connectivity index (χ1n) is 6.27. The summed E-state index contributed by atoms with van der Waals surface area (Å²) in [5, 5.41) is 0. The van der Waals surface area contributed by atoms with Crippen molar-refractivity contribution in [3.8, 4) is 0 Å². The summed E-state index contributed by atoms with van der Waals surface area (Å²) in [6.45, 7) is 2.63. The molecule has 1 aliphatic carbocycles. The number of hydrogen-bond acceptors (Lipinski definition) is 1. The molecule has 1 amide bonds. The predicted octanol–water partition coefficient (Wildman–Crippen LogP) is 3.99. The largest absolute Gasteiger partial charge is 0.334 e. The minimum absolute atomic E-state index is 0.0934. The van der Waals surface area contributed by atoms with Gasteiger partial charge in [0, 0.05) is 22.9 Å². The minimum Gasteiger partial charge on any atom is -0.334 e. The Labute approximate surface area is 121 Å². The number of carbonyl (C=O) groups is 1. The van der Waals surface area contributed by atoms with E-state index in [4.69, 9.17) is 11.6 Å². The molecule has 0 radical (unpaired) electrons. The Morgan fingerprint density at radius 3 is 2.78 bits per heavy atom. The molecule has 0 unspecified atom stereocenters. The van der Waals surface area contributed by atoms with E-state index in [0.29, 0.717) is 18.5 Å². The summed E-state index contributed by atoms with van der Waals surface area (Å²) in [7, 11) is 0. The zero-order valence-corrected chi connectivity index (χ0v) is 12.8. The van der Waals surface area contributed by atoms with Gasteiger partial charge in [0.05, 0.1) is 5.56 Å². The van der Waals surface area contributed by atoms with E-state index in [9.17, 15) is 4.79 Å². The van der Waals surface area contributed by atoms with Crippen LogP contribution in [-0.2, 0) is 0 Å². The van der Waals surface area contributed by atoms with Gasteiger partial charge >= 0.3 is 0 Å². The van der Waals surface area contributed by atoms with Crippen LogP contribution in [0.25, 0.3) is 0 Å². The van der Waals surface area contributed by atoms with Crippen LogP contribution in [0, 0.1) is 6.92 Å². The quantitative estimate of drug-likeness (QED) is 0.764. The molecule has 0 aromatic heterocycles. The van der Waals surface area contributed by atoms with Crippen molar-refractivity contribution in [2.45, 2.75) is 32.2 Å². The standard InChI is InChI=1S/C14H17BrClNO/c1-10-4-2-7-12(13(10)15)14(18)17(9-8-16)11-5-3-6-11/h2,4,7,11H,3,5-6,8-9H2,1H3. The maximum Gasteiger partial charge on any atom is 0.255 e. The lowest BCUT2D eigenvalue weighted by Gasteiger charge is -2.37. The smallest absolute Gasteiger partial charge is 0.255 e. The van der Waals surface area contributed by atoms with Crippen molar-refractivity contribution in [1.82, 2.24) is 4.90 Å². The first-order chi connectivity index (χ1) is 8.65. The molecule has 0 saturated heterocycles. The molecule has 18 heavy (non-hydrogen) atoms. The maximum absolute atomic E-state index is 12.6. The summed E-state index contributed by atoms with van der Waals surface area (Å²) in [6, 6.07) is 6.17. The molecule has 0 bridgehead atoms. The topological polar surface area (TPSA) is 20.3 Å². The fourth-order valence-electron chi connectivity index (χ4n) is 2.21. The van der Waals surface area contributed by atoms with Crippen LogP contribution in [0.15, 0.2) is 22.7 Å². The summed E-state index contributed by atoms with van der Waals surface area (Å²) in [4.78, 5) is 14.5. The van der Waals surface area contributed by atoms with E-state index in [2.05, 4.69) is 15.9 Å². The zero-order valence-electron chi connectivity index (χ0n) is 10.5. The molecular formula is C14H17BrClNO. The van der Waals surface area contributed by atoms with Crippen LogP contribution in [-0.4, -0.2) is 29.3 Å². The number of nitrogens with zero attached hydrogens (tertiary/aromatic N) is 1. The lowest BCUT2D eigenvalue weighted by molar-refractivity contribution is 0.0597. The van der Waals surface area contributed by atoms with Crippen molar-refractivity contribution in [2.75, 3.05) is 12.4 Å². The second-order valence-electron chi connectivity index (χ2n) is 4.71. The molecule has 2 nitrogen and oxygen atoms in total. The zero-order chi connectivity index (χ0) is 13.1. The SMILES string of the molecule is Cc1cccc(C(=O)N(CCCl)C2CCC2)c1Br. The van der Waals surface area contributed by atoms with E-state index in [-0.39, 0.29) is 5.91 Å². The average Bonchev–Trinajstić information content (AvgIpc) is 2.29. The third kappa shape index (κ3) is 2.72. The summed E-state index contributed by atoms with van der Waals surface area (Å²) in [6.07, 6.45) is 3.42. The number of amides is 1. The van der Waals surface area contributed by atoms with Crippen LogP contribution in [0.1, 0.15) is 35.2 Å². The number of carbonyl (C=O) groups excluding carboxylic acids is 1. The number of benzene rings is 1. The molecule has 1 saturated carbocycles. The minimum atomic E-state index is 0.0934. The molecule has 0 atom stereocenters. The Morgan fingerprint density at radius 1 is 1.50 bits per heavy atom. The van der Waals surface area contributed by atoms with Crippen molar-refractivity contribution < 1.29 is 4.79 Å². The van der Waals surface area contributed by atoms with Crippen molar-refractivity contribution in [1.29, 1.82) is 0 Å². The molecule has 2 rings (SSSR count). The van der Waals surface area contributed by atoms with Crippen LogP contribution in [0.5, 0.6) is 0 Å². The highest BCUT2D eigenvalue weighted by Gasteiger charge is 2.29. The Balaban J connectivity index is 2.24. The highest BCUT2D eigenvalue weighted by atomic mass is 79.9. The van der Waals surface area contributed by atoms with Crippen LogP contribution >= 0.6 is 27.5 Å². The number of halogens is 2. The Bertz CT molecular complexity index is 445. The van der Waals surface area contributed by atoms with Gasteiger partial charge in [0.25, 0.3) is 5.91 Å². The van der Waals surface area contributed by atoms with E-state index < -0.39 is 0 Å². The summed E-state index contributed by atoms with van der Waals surface area (Å²) >= 11 is 9.33. The monoisotopic (exact) mass is 329 g/mol. The van der Waals surface area contributed by atoms with E-state index in [1.807, 2.05) is 30.0 Å². The average molecular weight is 331 g/mol. The first-order valence-corrected chi connectivity index (χ1v) is 7.60. The van der Waals surface area contributed by atoms with Crippen molar-refractivity contribution >= 4 is 33.4 Å². The van der Waals surface area contributed by atoms with Gasteiger partial charge in [0.1, 0.15) is 0 Å². The lowest BCUT2D eigenvalue weighted by Crippen LogP contribution is -2.45. The van der Waals surface area contributed by atoms with E-state index >= 15 is 0 Å². The van der Waals surface area contributed by atoms with Gasteiger partial charge in [-0.05, 0) is 53.7 Å². The van der Waals surface area contributed by atoms with Crippen LogP contribution in [0.4, 0.5) is 0 Å². The number of aryl methyl sites for hydroxylation is 1. The Kier molecular flexibility index (Phi) is 4.68. The van der Waals surface area contributed by atoms with Gasteiger partial charge in [-0.15, -0.1) is 11.6 Å². The summed E-state index contributed by atoms with van der Waals surface area (Å²) in [5.41, 5.74) is 1.83. The summed E-state index contributed by atoms with van der Waals surface area (Å²) in [5.74, 6) is 0.585. The second kappa shape index (κ2) is 6.07.